The van der Waals surface area contributed by atoms with Crippen molar-refractivity contribution in [3.63, 3.8) is 0 Å². The highest BCUT2D eigenvalue weighted by Crippen LogP contribution is 2.26. The monoisotopic (exact) mass is 274 g/mol. The van der Waals surface area contributed by atoms with Crippen molar-refractivity contribution in [3.8, 4) is 0 Å². The molecule has 1 aliphatic rings. The summed E-state index contributed by atoms with van der Waals surface area (Å²) >= 11 is 5.99. The van der Waals surface area contributed by atoms with Crippen LogP contribution in [0.15, 0.2) is 24.3 Å². The van der Waals surface area contributed by atoms with Crippen molar-refractivity contribution in [2.75, 3.05) is 13.1 Å². The van der Waals surface area contributed by atoms with Gasteiger partial charge in [0.25, 0.3) is 0 Å². The van der Waals surface area contributed by atoms with Crippen LogP contribution in [0.4, 0.5) is 0 Å². The largest absolute Gasteiger partial charge is 0.329 e. The summed E-state index contributed by atoms with van der Waals surface area (Å²) in [4.78, 5) is 2.48. The molecule has 1 fully saturated rings. The van der Waals surface area contributed by atoms with Gasteiger partial charge in [-0.3, -0.25) is 4.90 Å². The molecule has 1 aliphatic carbocycles. The summed E-state index contributed by atoms with van der Waals surface area (Å²) < 4.78 is 0. The van der Waals surface area contributed by atoms with Gasteiger partial charge < -0.3 is 5.73 Å². The standard InChI is InChI=1S/C13H19ClN2.ClH/c14-12-4-1-3-11(9-12)10-16(8-7-15)13-5-2-6-13;/h1,3-4,9,13H,2,5-8,10,15H2;1H. The van der Waals surface area contributed by atoms with Gasteiger partial charge in [0.05, 0.1) is 0 Å². The van der Waals surface area contributed by atoms with Gasteiger partial charge in [0.2, 0.25) is 0 Å². The van der Waals surface area contributed by atoms with E-state index in [0.717, 1.165) is 30.7 Å². The van der Waals surface area contributed by atoms with Crippen molar-refractivity contribution >= 4 is 24.0 Å². The van der Waals surface area contributed by atoms with Crippen LogP contribution in [0.1, 0.15) is 24.8 Å². The van der Waals surface area contributed by atoms with Crippen LogP contribution in [0.3, 0.4) is 0 Å². The number of hydrogen-bond donors (Lipinski definition) is 1. The Labute approximate surface area is 115 Å². The van der Waals surface area contributed by atoms with Crippen molar-refractivity contribution in [3.05, 3.63) is 34.9 Å². The lowest BCUT2D eigenvalue weighted by Crippen LogP contribution is -2.42. The lowest BCUT2D eigenvalue weighted by Gasteiger charge is -2.37. The number of nitrogens with zero attached hydrogens (tertiary/aromatic N) is 1. The highest BCUT2D eigenvalue weighted by Gasteiger charge is 2.24. The molecular formula is C13H20Cl2N2. The highest BCUT2D eigenvalue weighted by molar-refractivity contribution is 6.30. The minimum absolute atomic E-state index is 0. The van der Waals surface area contributed by atoms with E-state index < -0.39 is 0 Å². The first-order valence-electron chi connectivity index (χ1n) is 5.98. The molecule has 1 aromatic carbocycles. The molecular weight excluding hydrogens is 255 g/mol. The minimum Gasteiger partial charge on any atom is -0.329 e. The Kier molecular flexibility index (Phi) is 6.28. The fourth-order valence-corrected chi connectivity index (χ4v) is 2.39. The van der Waals surface area contributed by atoms with Crippen LogP contribution in [0.5, 0.6) is 0 Å². The Morgan fingerprint density at radius 3 is 2.65 bits per heavy atom. The average Bonchev–Trinajstić information content (AvgIpc) is 2.15. The number of rotatable bonds is 5. The smallest absolute Gasteiger partial charge is 0.0409 e. The molecule has 4 heteroatoms. The number of halogens is 2. The number of benzene rings is 1. The Morgan fingerprint density at radius 1 is 1.35 bits per heavy atom. The van der Waals surface area contributed by atoms with E-state index in [1.165, 1.54) is 24.8 Å². The molecule has 0 aliphatic heterocycles. The predicted octanol–water partition coefficient (Wildman–Crippen LogP) is 3.08. The van der Waals surface area contributed by atoms with Gasteiger partial charge in [-0.2, -0.15) is 0 Å². The lowest BCUT2D eigenvalue weighted by atomic mass is 9.91. The summed E-state index contributed by atoms with van der Waals surface area (Å²) in [5.74, 6) is 0. The molecule has 17 heavy (non-hydrogen) atoms. The molecule has 0 bridgehead atoms. The van der Waals surface area contributed by atoms with E-state index >= 15 is 0 Å². The molecule has 2 N–H and O–H groups in total. The molecule has 2 nitrogen and oxygen atoms in total. The Hall–Kier alpha value is -0.280. The van der Waals surface area contributed by atoms with Crippen molar-refractivity contribution in [1.82, 2.24) is 4.90 Å². The predicted molar refractivity (Wildman–Crippen MR) is 75.8 cm³/mol. The molecule has 96 valence electrons. The fourth-order valence-electron chi connectivity index (χ4n) is 2.18. The molecule has 1 saturated carbocycles. The van der Waals surface area contributed by atoms with Crippen LogP contribution in [0.2, 0.25) is 5.02 Å². The number of hydrogen-bond acceptors (Lipinski definition) is 2. The van der Waals surface area contributed by atoms with Crippen LogP contribution in [-0.4, -0.2) is 24.0 Å². The van der Waals surface area contributed by atoms with E-state index in [2.05, 4.69) is 11.0 Å². The zero-order chi connectivity index (χ0) is 11.4. The average molecular weight is 275 g/mol. The Bertz CT molecular complexity index is 340. The zero-order valence-electron chi connectivity index (χ0n) is 9.94. The summed E-state index contributed by atoms with van der Waals surface area (Å²) in [6.45, 7) is 2.69. The summed E-state index contributed by atoms with van der Waals surface area (Å²) in [5.41, 5.74) is 6.95. The third-order valence-electron chi connectivity index (χ3n) is 3.28. The first kappa shape index (κ1) is 14.8. The third-order valence-corrected chi connectivity index (χ3v) is 3.52. The lowest BCUT2D eigenvalue weighted by molar-refractivity contribution is 0.123. The third kappa shape index (κ3) is 4.14. The molecule has 0 atom stereocenters. The van der Waals surface area contributed by atoms with Crippen molar-refractivity contribution < 1.29 is 0 Å². The molecule has 2 rings (SSSR count). The second-order valence-electron chi connectivity index (χ2n) is 4.47. The van der Waals surface area contributed by atoms with Crippen molar-refractivity contribution in [2.45, 2.75) is 31.8 Å². The van der Waals surface area contributed by atoms with E-state index in [0.29, 0.717) is 0 Å². The normalized spacial score (nSPS) is 15.5. The van der Waals surface area contributed by atoms with Gasteiger partial charge >= 0.3 is 0 Å². The molecule has 1 aromatic rings. The number of nitrogens with two attached hydrogens (primary N) is 1. The summed E-state index contributed by atoms with van der Waals surface area (Å²) in [7, 11) is 0. The molecule has 0 radical (unpaired) electrons. The molecule has 0 spiro atoms. The summed E-state index contributed by atoms with van der Waals surface area (Å²) in [5, 5.41) is 0.818. The molecule has 0 saturated heterocycles. The second-order valence-corrected chi connectivity index (χ2v) is 4.91. The van der Waals surface area contributed by atoms with E-state index in [9.17, 15) is 0 Å². The quantitative estimate of drug-likeness (QED) is 0.894. The Balaban J connectivity index is 0.00000144. The van der Waals surface area contributed by atoms with Crippen LogP contribution in [0, 0.1) is 0 Å². The maximum absolute atomic E-state index is 5.99. The highest BCUT2D eigenvalue weighted by atomic mass is 35.5. The minimum atomic E-state index is 0. The summed E-state index contributed by atoms with van der Waals surface area (Å²) in [6.07, 6.45) is 4.00. The van der Waals surface area contributed by atoms with Crippen LogP contribution in [-0.2, 0) is 6.54 Å². The molecule has 0 heterocycles. The zero-order valence-corrected chi connectivity index (χ0v) is 11.5. The van der Waals surface area contributed by atoms with Crippen LogP contribution >= 0.6 is 24.0 Å². The van der Waals surface area contributed by atoms with Crippen molar-refractivity contribution in [2.24, 2.45) is 5.73 Å². The van der Waals surface area contributed by atoms with Gasteiger partial charge in [-0.25, -0.2) is 0 Å². The van der Waals surface area contributed by atoms with Gasteiger partial charge in [0.15, 0.2) is 0 Å². The maximum atomic E-state index is 5.99. The van der Waals surface area contributed by atoms with E-state index in [1.807, 2.05) is 18.2 Å². The fraction of sp³-hybridized carbons (Fsp3) is 0.538. The van der Waals surface area contributed by atoms with E-state index in [1.54, 1.807) is 0 Å². The van der Waals surface area contributed by atoms with Gasteiger partial charge in [-0.1, -0.05) is 30.2 Å². The second kappa shape index (κ2) is 7.22. The van der Waals surface area contributed by atoms with Crippen LogP contribution in [0.25, 0.3) is 0 Å². The Morgan fingerprint density at radius 2 is 2.12 bits per heavy atom. The van der Waals surface area contributed by atoms with Gasteiger partial charge in [-0.15, -0.1) is 12.4 Å². The van der Waals surface area contributed by atoms with Crippen LogP contribution < -0.4 is 5.73 Å². The molecule has 0 amide bonds. The summed E-state index contributed by atoms with van der Waals surface area (Å²) in [6, 6.07) is 8.85. The maximum Gasteiger partial charge on any atom is 0.0409 e. The SMILES string of the molecule is Cl.NCCN(Cc1cccc(Cl)c1)C1CCC1. The van der Waals surface area contributed by atoms with Crippen molar-refractivity contribution in [1.29, 1.82) is 0 Å². The van der Waals surface area contributed by atoms with Gasteiger partial charge in [-0.05, 0) is 30.5 Å². The first-order chi connectivity index (χ1) is 7.79. The van der Waals surface area contributed by atoms with E-state index in [-0.39, 0.29) is 12.4 Å². The van der Waals surface area contributed by atoms with Gasteiger partial charge in [0.1, 0.15) is 0 Å². The van der Waals surface area contributed by atoms with Gasteiger partial charge in [0, 0.05) is 30.7 Å². The molecule has 0 unspecified atom stereocenters. The van der Waals surface area contributed by atoms with E-state index in [4.69, 9.17) is 17.3 Å². The molecule has 0 aromatic heterocycles. The topological polar surface area (TPSA) is 29.3 Å². The first-order valence-corrected chi connectivity index (χ1v) is 6.36.